The van der Waals surface area contributed by atoms with E-state index >= 15 is 0 Å². The monoisotopic (exact) mass is 581 g/mol. The summed E-state index contributed by atoms with van der Waals surface area (Å²) in [6.07, 6.45) is -7.21. The molecule has 224 valence electrons. The van der Waals surface area contributed by atoms with Crippen LogP contribution in [0, 0.1) is 11.8 Å². The maximum Gasteiger partial charge on any atom is 0.338 e. The van der Waals surface area contributed by atoms with Crippen LogP contribution < -0.4 is 0 Å². The van der Waals surface area contributed by atoms with Crippen molar-refractivity contribution in [1.82, 2.24) is 0 Å². The maximum absolute atomic E-state index is 13.0. The van der Waals surface area contributed by atoms with Crippen molar-refractivity contribution < 1.29 is 43.2 Å². The number of rotatable bonds is 9. The zero-order valence-electron chi connectivity index (χ0n) is 23.8. The lowest BCUT2D eigenvalue weighted by atomic mass is 9.85. The van der Waals surface area contributed by atoms with Crippen LogP contribution in [-0.4, -0.2) is 78.4 Å². The molecule has 2 aliphatic rings. The predicted octanol–water partition coefficient (Wildman–Crippen LogP) is 3.87. The number of aliphatic hydroxyl groups is 1. The van der Waals surface area contributed by atoms with E-state index in [2.05, 4.69) is 10.0 Å². The summed E-state index contributed by atoms with van der Waals surface area (Å²) >= 11 is 0. The largest absolute Gasteiger partial charge is 0.459 e. The molecule has 2 aromatic rings. The first-order valence-corrected chi connectivity index (χ1v) is 13.8. The Morgan fingerprint density at radius 1 is 0.905 bits per heavy atom. The molecule has 0 spiro atoms. The molecular weight excluding hydrogens is 546 g/mol. The highest BCUT2D eigenvalue weighted by molar-refractivity contribution is 5.90. The number of carbonyl (C=O) groups excluding carboxylic acids is 3. The van der Waals surface area contributed by atoms with Crippen LogP contribution in [0.1, 0.15) is 48.4 Å². The van der Waals surface area contributed by atoms with Crippen LogP contribution in [0.2, 0.25) is 0 Å². The van der Waals surface area contributed by atoms with Gasteiger partial charge in [-0.05, 0) is 49.6 Å². The first-order chi connectivity index (χ1) is 20.1. The van der Waals surface area contributed by atoms with Gasteiger partial charge in [-0.25, -0.2) is 9.59 Å². The van der Waals surface area contributed by atoms with E-state index < -0.39 is 78.5 Å². The summed E-state index contributed by atoms with van der Waals surface area (Å²) in [7, 11) is 0. The Kier molecular flexibility index (Phi) is 10.3. The Morgan fingerprint density at radius 2 is 1.50 bits per heavy atom. The van der Waals surface area contributed by atoms with Gasteiger partial charge >= 0.3 is 11.9 Å². The molecule has 4 unspecified atom stereocenters. The van der Waals surface area contributed by atoms with Crippen LogP contribution in [0.15, 0.2) is 65.8 Å². The van der Waals surface area contributed by atoms with Crippen molar-refractivity contribution in [3.63, 3.8) is 0 Å². The van der Waals surface area contributed by atoms with Gasteiger partial charge in [0.15, 0.2) is 18.2 Å². The molecule has 2 aliphatic heterocycles. The second-order valence-electron chi connectivity index (χ2n) is 10.6. The van der Waals surface area contributed by atoms with Crippen LogP contribution >= 0.6 is 0 Å². The molecule has 10 atom stereocenters. The predicted molar refractivity (Wildman–Crippen MR) is 148 cm³/mol. The third-order valence-corrected chi connectivity index (χ3v) is 7.73. The molecule has 2 saturated heterocycles. The zero-order valence-corrected chi connectivity index (χ0v) is 23.8. The molecule has 4 rings (SSSR count). The van der Waals surface area contributed by atoms with E-state index in [0.717, 1.165) is 0 Å². The lowest BCUT2D eigenvalue weighted by Crippen LogP contribution is -2.61. The Balaban J connectivity index is 1.61. The molecule has 2 aromatic carbocycles. The molecule has 0 aromatic heterocycles. The number of carbonyl (C=O) groups is 3. The summed E-state index contributed by atoms with van der Waals surface area (Å²) in [6, 6.07) is 16.1. The number of ether oxygens (including phenoxy) is 5. The summed E-state index contributed by atoms with van der Waals surface area (Å²) in [5.74, 6) is -2.89. The molecule has 0 radical (unpaired) electrons. The fourth-order valence-corrected chi connectivity index (χ4v) is 5.36. The summed E-state index contributed by atoms with van der Waals surface area (Å²) in [4.78, 5) is 41.0. The second kappa shape index (κ2) is 13.9. The van der Waals surface area contributed by atoms with E-state index in [4.69, 9.17) is 23.7 Å². The van der Waals surface area contributed by atoms with Gasteiger partial charge in [-0.2, -0.15) is 0 Å². The van der Waals surface area contributed by atoms with Gasteiger partial charge in [-0.15, -0.1) is 0 Å². The number of nitrogens with zero attached hydrogens (tertiary/aromatic N) is 3. The number of azide groups is 1. The van der Waals surface area contributed by atoms with Crippen molar-refractivity contribution in [2.24, 2.45) is 17.0 Å². The molecule has 1 N–H and O–H groups in total. The van der Waals surface area contributed by atoms with Crippen LogP contribution in [0.5, 0.6) is 0 Å². The van der Waals surface area contributed by atoms with Gasteiger partial charge in [-0.3, -0.25) is 4.79 Å². The number of esters is 2. The third-order valence-electron chi connectivity index (χ3n) is 7.73. The average molecular weight is 582 g/mol. The van der Waals surface area contributed by atoms with Crippen molar-refractivity contribution in [2.45, 2.75) is 76.7 Å². The molecule has 0 bridgehead atoms. The Hall–Kier alpha value is -3.80. The number of aliphatic hydroxyl groups excluding tert-OH is 1. The zero-order chi connectivity index (χ0) is 30.4. The summed E-state index contributed by atoms with van der Waals surface area (Å²) in [5.41, 5.74) is 9.82. The molecule has 42 heavy (non-hydrogen) atoms. The van der Waals surface area contributed by atoms with E-state index in [1.165, 1.54) is 6.92 Å². The topological polar surface area (TPSA) is 166 Å². The third kappa shape index (κ3) is 6.97. The highest BCUT2D eigenvalue weighted by Gasteiger charge is 2.51. The van der Waals surface area contributed by atoms with E-state index in [1.54, 1.807) is 81.4 Å². The number of benzene rings is 2. The number of hydrogen-bond acceptors (Lipinski definition) is 10. The normalized spacial score (nSPS) is 32.7. The van der Waals surface area contributed by atoms with E-state index in [9.17, 15) is 25.0 Å². The van der Waals surface area contributed by atoms with Gasteiger partial charge in [-0.1, -0.05) is 55.4 Å². The van der Waals surface area contributed by atoms with Crippen LogP contribution in [-0.2, 0) is 28.5 Å². The minimum absolute atomic E-state index is 0.203. The molecule has 2 fully saturated rings. The van der Waals surface area contributed by atoms with Gasteiger partial charge in [0.25, 0.3) is 0 Å². The molecule has 0 aliphatic carbocycles. The number of Topliss-reactive ketones (excluding diaryl/α,β-unsaturated/α-hetero) is 1. The van der Waals surface area contributed by atoms with Crippen molar-refractivity contribution in [3.05, 3.63) is 82.2 Å². The SMILES string of the molecule is CC(=O)C1O[C@@H](O[C@@H]2C(COC(=O)c3ccccc3)O[C@H](C)C(N=[N+]=[N-])[C@H]2C)C(OC(=O)c2ccccc2)[C@@H](C)[C@@H]1O. The summed E-state index contributed by atoms with van der Waals surface area (Å²) in [6.45, 7) is 6.25. The molecule has 12 nitrogen and oxygen atoms in total. The van der Waals surface area contributed by atoms with Crippen molar-refractivity contribution in [2.75, 3.05) is 6.61 Å². The highest BCUT2D eigenvalue weighted by Crippen LogP contribution is 2.36. The van der Waals surface area contributed by atoms with Gasteiger partial charge in [0.1, 0.15) is 18.8 Å². The van der Waals surface area contributed by atoms with Gasteiger partial charge < -0.3 is 28.8 Å². The van der Waals surface area contributed by atoms with Gasteiger partial charge in [0.2, 0.25) is 0 Å². The first kappa shape index (κ1) is 31.1. The lowest BCUT2D eigenvalue weighted by molar-refractivity contribution is -0.312. The van der Waals surface area contributed by atoms with Crippen molar-refractivity contribution >= 4 is 17.7 Å². The van der Waals surface area contributed by atoms with Gasteiger partial charge in [0, 0.05) is 10.8 Å². The van der Waals surface area contributed by atoms with Gasteiger partial charge in [0.05, 0.1) is 35.5 Å². The van der Waals surface area contributed by atoms with Crippen LogP contribution in [0.25, 0.3) is 10.4 Å². The molecule has 2 heterocycles. The molecular formula is C30H35N3O9. The highest BCUT2D eigenvalue weighted by atomic mass is 16.7. The smallest absolute Gasteiger partial charge is 0.338 e. The van der Waals surface area contributed by atoms with Crippen LogP contribution in [0.4, 0.5) is 0 Å². The standard InChI is InChI=1S/C30H35N3O9/c1-16-23(32-33-31)19(4)39-22(15-38-28(36)20-11-7-5-8-12-20)25(16)41-30-26(17(2)24(35)27(42-30)18(3)34)40-29(37)21-13-9-6-10-14-21/h5-14,16-17,19,22-27,30,35H,15H2,1-4H3/t16-,17+,19-,22?,23?,24+,25+,26?,27?,30-/m1/s1. The summed E-state index contributed by atoms with van der Waals surface area (Å²) < 4.78 is 29.8. The molecule has 0 saturated carbocycles. The minimum Gasteiger partial charge on any atom is -0.459 e. The summed E-state index contributed by atoms with van der Waals surface area (Å²) in [5, 5.41) is 14.8. The fourth-order valence-electron chi connectivity index (χ4n) is 5.36. The Morgan fingerprint density at radius 3 is 2.07 bits per heavy atom. The second-order valence-corrected chi connectivity index (χ2v) is 10.6. The fraction of sp³-hybridized carbons (Fsp3) is 0.500. The molecule has 12 heteroatoms. The quantitative estimate of drug-likeness (QED) is 0.200. The van der Waals surface area contributed by atoms with E-state index in [0.29, 0.717) is 5.56 Å². The van der Waals surface area contributed by atoms with Crippen molar-refractivity contribution in [3.8, 4) is 0 Å². The first-order valence-electron chi connectivity index (χ1n) is 13.8. The number of ketones is 1. The van der Waals surface area contributed by atoms with Crippen molar-refractivity contribution in [1.29, 1.82) is 0 Å². The maximum atomic E-state index is 13.0. The minimum atomic E-state index is -1.31. The lowest BCUT2D eigenvalue weighted by Gasteiger charge is -2.47. The Bertz CT molecular complexity index is 1290. The average Bonchev–Trinajstić information content (AvgIpc) is 2.99. The van der Waals surface area contributed by atoms with E-state index in [-0.39, 0.29) is 12.2 Å². The van der Waals surface area contributed by atoms with Crippen LogP contribution in [0.3, 0.4) is 0 Å². The van der Waals surface area contributed by atoms with E-state index in [1.807, 2.05) is 0 Å². The number of hydrogen-bond donors (Lipinski definition) is 1. The Labute approximate surface area is 243 Å². The molecule has 0 amide bonds.